The average molecular weight is 374 g/mol. The van der Waals surface area contributed by atoms with Crippen molar-refractivity contribution in [3.63, 3.8) is 0 Å². The zero-order chi connectivity index (χ0) is 19.1. The Hall–Kier alpha value is -1.95. The van der Waals surface area contributed by atoms with Gasteiger partial charge in [0.15, 0.2) is 0 Å². The summed E-state index contributed by atoms with van der Waals surface area (Å²) in [6.07, 6.45) is 3.76. The third-order valence-electron chi connectivity index (χ3n) is 6.74. The van der Waals surface area contributed by atoms with Gasteiger partial charge in [-0.25, -0.2) is 4.39 Å². The Balaban J connectivity index is 1.61. The molecule has 3 aliphatic rings. The molecule has 27 heavy (non-hydrogen) atoms. The van der Waals surface area contributed by atoms with Crippen molar-refractivity contribution in [1.29, 1.82) is 0 Å². The van der Waals surface area contributed by atoms with E-state index in [9.17, 15) is 14.0 Å². The van der Waals surface area contributed by atoms with Gasteiger partial charge in [0.25, 0.3) is 0 Å². The van der Waals surface area contributed by atoms with Crippen LogP contribution in [0.5, 0.6) is 0 Å². The Kier molecular flexibility index (Phi) is 4.70. The van der Waals surface area contributed by atoms with Crippen LogP contribution < -0.4 is 0 Å². The number of rotatable bonds is 2. The summed E-state index contributed by atoms with van der Waals surface area (Å²) < 4.78 is 19.0. The fourth-order valence-corrected chi connectivity index (χ4v) is 5.11. The third-order valence-corrected chi connectivity index (χ3v) is 6.74. The summed E-state index contributed by atoms with van der Waals surface area (Å²) in [5.41, 5.74) is -0.246. The number of carbonyl (C=O) groups excluding carboxylic acids is 2. The second-order valence-electron chi connectivity index (χ2n) is 8.29. The molecule has 3 fully saturated rings. The van der Waals surface area contributed by atoms with Crippen LogP contribution in [0.15, 0.2) is 24.3 Å². The van der Waals surface area contributed by atoms with Crippen molar-refractivity contribution in [3.05, 3.63) is 35.6 Å². The summed E-state index contributed by atoms with van der Waals surface area (Å²) in [5, 5.41) is 0. The van der Waals surface area contributed by atoms with Crippen LogP contribution >= 0.6 is 0 Å². The summed E-state index contributed by atoms with van der Waals surface area (Å²) >= 11 is 0. The van der Waals surface area contributed by atoms with Crippen LogP contribution in [0.4, 0.5) is 4.39 Å². The number of amides is 2. The molecule has 6 heteroatoms. The molecular weight excluding hydrogens is 347 g/mol. The van der Waals surface area contributed by atoms with Gasteiger partial charge in [-0.15, -0.1) is 0 Å². The highest BCUT2D eigenvalue weighted by atomic mass is 19.1. The van der Waals surface area contributed by atoms with Crippen molar-refractivity contribution in [2.24, 2.45) is 5.41 Å². The maximum atomic E-state index is 13.7. The molecule has 146 valence electrons. The summed E-state index contributed by atoms with van der Waals surface area (Å²) in [4.78, 5) is 30.2. The first-order valence-corrected chi connectivity index (χ1v) is 9.86. The first-order valence-electron chi connectivity index (χ1n) is 9.86. The van der Waals surface area contributed by atoms with Crippen molar-refractivity contribution in [2.45, 2.75) is 37.5 Å². The predicted octanol–water partition coefficient (Wildman–Crippen LogP) is 2.34. The van der Waals surface area contributed by atoms with E-state index in [-0.39, 0.29) is 17.6 Å². The van der Waals surface area contributed by atoms with Crippen molar-refractivity contribution >= 4 is 11.8 Å². The van der Waals surface area contributed by atoms with Gasteiger partial charge in [0.1, 0.15) is 5.82 Å². The normalized spacial score (nSPS) is 28.0. The zero-order valence-electron chi connectivity index (χ0n) is 15.9. The number of ether oxygens (including phenoxy) is 1. The van der Waals surface area contributed by atoms with E-state index in [4.69, 9.17) is 4.74 Å². The highest BCUT2D eigenvalue weighted by Gasteiger charge is 2.52. The molecule has 3 heterocycles. The number of benzene rings is 1. The van der Waals surface area contributed by atoms with Crippen molar-refractivity contribution < 1.29 is 18.7 Å². The fourth-order valence-electron chi connectivity index (χ4n) is 5.11. The number of carbonyl (C=O) groups is 2. The Bertz CT molecular complexity index is 729. The predicted molar refractivity (Wildman–Crippen MR) is 98.6 cm³/mol. The van der Waals surface area contributed by atoms with Crippen LogP contribution in [0.1, 0.15) is 37.7 Å². The largest absolute Gasteiger partial charge is 0.381 e. The number of hydrogen-bond donors (Lipinski definition) is 0. The van der Waals surface area contributed by atoms with Gasteiger partial charge in [-0.3, -0.25) is 9.59 Å². The smallest absolute Gasteiger partial charge is 0.233 e. The van der Waals surface area contributed by atoms with E-state index in [2.05, 4.69) is 0 Å². The Morgan fingerprint density at radius 1 is 1.07 bits per heavy atom. The summed E-state index contributed by atoms with van der Waals surface area (Å²) in [7, 11) is 1.85. The molecule has 4 rings (SSSR count). The van der Waals surface area contributed by atoms with Gasteiger partial charge < -0.3 is 14.5 Å². The molecule has 0 bridgehead atoms. The molecule has 3 aliphatic heterocycles. The van der Waals surface area contributed by atoms with Gasteiger partial charge >= 0.3 is 0 Å². The van der Waals surface area contributed by atoms with Gasteiger partial charge in [0, 0.05) is 39.9 Å². The molecule has 0 saturated carbocycles. The number of halogens is 1. The zero-order valence-corrected chi connectivity index (χ0v) is 15.9. The molecule has 3 saturated heterocycles. The molecule has 1 unspecified atom stereocenters. The van der Waals surface area contributed by atoms with Crippen LogP contribution in [-0.2, 0) is 19.7 Å². The molecule has 1 atom stereocenters. The SMILES string of the molecule is CN1CCCC2(CCN(C(=O)C3(c4ccc(F)cc4)CCOCC3)C2)C1=O. The molecule has 0 N–H and O–H groups in total. The van der Waals surface area contributed by atoms with E-state index in [1.807, 2.05) is 16.8 Å². The van der Waals surface area contributed by atoms with Crippen molar-refractivity contribution in [3.8, 4) is 0 Å². The Morgan fingerprint density at radius 3 is 2.48 bits per heavy atom. The van der Waals surface area contributed by atoms with Gasteiger partial charge in [0.2, 0.25) is 11.8 Å². The summed E-state index contributed by atoms with van der Waals surface area (Å²) in [6, 6.07) is 6.30. The van der Waals surface area contributed by atoms with E-state index in [1.165, 1.54) is 12.1 Å². The minimum absolute atomic E-state index is 0.0651. The van der Waals surface area contributed by atoms with Crippen LogP contribution in [0, 0.1) is 11.2 Å². The number of piperidine rings is 1. The van der Waals surface area contributed by atoms with E-state index in [0.29, 0.717) is 39.1 Å². The topological polar surface area (TPSA) is 49.9 Å². The average Bonchev–Trinajstić information content (AvgIpc) is 3.11. The second-order valence-corrected chi connectivity index (χ2v) is 8.29. The molecule has 0 aliphatic carbocycles. The fraction of sp³-hybridized carbons (Fsp3) is 0.619. The molecular formula is C21H27FN2O3. The molecule has 5 nitrogen and oxygen atoms in total. The number of likely N-dealkylation sites (tertiary alicyclic amines) is 2. The highest BCUT2D eigenvalue weighted by Crippen LogP contribution is 2.43. The lowest BCUT2D eigenvalue weighted by atomic mass is 9.72. The van der Waals surface area contributed by atoms with Crippen LogP contribution in [0.3, 0.4) is 0 Å². The van der Waals surface area contributed by atoms with Crippen molar-refractivity contribution in [2.75, 3.05) is 39.9 Å². The second kappa shape index (κ2) is 6.89. The highest BCUT2D eigenvalue weighted by molar-refractivity contribution is 5.91. The lowest BCUT2D eigenvalue weighted by Crippen LogP contribution is -2.52. The van der Waals surface area contributed by atoms with E-state index >= 15 is 0 Å². The van der Waals surface area contributed by atoms with Gasteiger partial charge in [0.05, 0.1) is 10.8 Å². The van der Waals surface area contributed by atoms with Crippen molar-refractivity contribution in [1.82, 2.24) is 9.80 Å². The minimum atomic E-state index is -0.679. The lowest BCUT2D eigenvalue weighted by Gasteiger charge is -2.41. The number of nitrogens with zero attached hydrogens (tertiary/aromatic N) is 2. The lowest BCUT2D eigenvalue weighted by molar-refractivity contribution is -0.146. The van der Waals surface area contributed by atoms with E-state index < -0.39 is 10.8 Å². The third kappa shape index (κ3) is 3.04. The maximum absolute atomic E-state index is 13.7. The molecule has 2 amide bonds. The van der Waals surface area contributed by atoms with Gasteiger partial charge in [-0.05, 0) is 49.8 Å². The quantitative estimate of drug-likeness (QED) is 0.798. The Morgan fingerprint density at radius 2 is 1.78 bits per heavy atom. The first-order chi connectivity index (χ1) is 13.0. The standard InChI is InChI=1S/C21H27FN2O3/c1-23-11-2-7-20(18(23)25)8-12-24(15-20)19(26)21(9-13-27-14-10-21)16-3-5-17(22)6-4-16/h3-6H,2,7-15H2,1H3. The molecule has 1 aromatic carbocycles. The van der Waals surface area contributed by atoms with E-state index in [0.717, 1.165) is 31.4 Å². The van der Waals surface area contributed by atoms with Crippen LogP contribution in [0.25, 0.3) is 0 Å². The summed E-state index contributed by atoms with van der Waals surface area (Å²) in [6.45, 7) is 2.94. The Labute approximate surface area is 159 Å². The molecule has 0 aromatic heterocycles. The molecule has 1 aromatic rings. The minimum Gasteiger partial charge on any atom is -0.381 e. The monoisotopic (exact) mass is 374 g/mol. The molecule has 0 radical (unpaired) electrons. The number of hydrogen-bond acceptors (Lipinski definition) is 3. The van der Waals surface area contributed by atoms with Gasteiger partial charge in [-0.2, -0.15) is 0 Å². The molecule has 1 spiro atoms. The maximum Gasteiger partial charge on any atom is 0.233 e. The first kappa shape index (κ1) is 18.4. The van der Waals surface area contributed by atoms with Crippen LogP contribution in [0.2, 0.25) is 0 Å². The summed E-state index contributed by atoms with van der Waals surface area (Å²) in [5.74, 6) is -0.0634. The van der Waals surface area contributed by atoms with E-state index in [1.54, 1.807) is 12.1 Å². The van der Waals surface area contributed by atoms with Gasteiger partial charge in [-0.1, -0.05) is 12.1 Å². The van der Waals surface area contributed by atoms with Crippen LogP contribution in [-0.4, -0.2) is 61.5 Å².